The second-order valence-corrected chi connectivity index (χ2v) is 5.65. The molecule has 0 spiro atoms. The smallest absolute Gasteiger partial charge is 0.127 e. The van der Waals surface area contributed by atoms with Gasteiger partial charge in [0, 0.05) is 36.8 Å². The third-order valence-corrected chi connectivity index (χ3v) is 4.07. The van der Waals surface area contributed by atoms with Crippen LogP contribution < -0.4 is 20.5 Å². The fourth-order valence-electron chi connectivity index (χ4n) is 2.77. The molecule has 0 radical (unpaired) electrons. The van der Waals surface area contributed by atoms with E-state index >= 15 is 0 Å². The summed E-state index contributed by atoms with van der Waals surface area (Å²) in [7, 11) is 1.67. The highest BCUT2D eigenvalue weighted by molar-refractivity contribution is 5.47. The van der Waals surface area contributed by atoms with Crippen LogP contribution in [0.4, 0.5) is 5.69 Å². The van der Waals surface area contributed by atoms with Crippen molar-refractivity contribution in [3.05, 3.63) is 53.1 Å². The Hall–Kier alpha value is -2.20. The Bertz CT molecular complexity index is 614. The van der Waals surface area contributed by atoms with Crippen LogP contribution in [0.1, 0.15) is 44.4 Å². The molecule has 0 aliphatic heterocycles. The molecule has 0 atom stereocenters. The molecule has 0 amide bonds. The van der Waals surface area contributed by atoms with Gasteiger partial charge in [0.05, 0.1) is 13.7 Å². The molecule has 0 heterocycles. The van der Waals surface area contributed by atoms with Gasteiger partial charge < -0.3 is 20.5 Å². The largest absolute Gasteiger partial charge is 0.496 e. The van der Waals surface area contributed by atoms with Gasteiger partial charge in [-0.1, -0.05) is 32.9 Å². The van der Waals surface area contributed by atoms with E-state index in [4.69, 9.17) is 15.2 Å². The van der Waals surface area contributed by atoms with Crippen molar-refractivity contribution in [2.24, 2.45) is 5.73 Å². The van der Waals surface area contributed by atoms with E-state index in [1.165, 1.54) is 11.1 Å². The standard InChI is InChI=1S/C20H28N2O2.C2H6/c1-4-16-12-18(13-20(23-3)19(16)14-21)24-11-10-15-6-8-17(9-7-15)22-5-2;1-2/h6-9,12-13,22H,4-5,10-11,14,21H2,1-3H3;1-2H3. The van der Waals surface area contributed by atoms with E-state index in [9.17, 15) is 0 Å². The zero-order chi connectivity index (χ0) is 19.4. The van der Waals surface area contributed by atoms with Gasteiger partial charge in [-0.3, -0.25) is 0 Å². The topological polar surface area (TPSA) is 56.5 Å². The number of rotatable bonds is 9. The van der Waals surface area contributed by atoms with Gasteiger partial charge in [0.15, 0.2) is 0 Å². The van der Waals surface area contributed by atoms with E-state index in [-0.39, 0.29) is 0 Å². The molecule has 0 aliphatic carbocycles. The predicted molar refractivity (Wildman–Crippen MR) is 111 cm³/mol. The Balaban J connectivity index is 0.00000163. The van der Waals surface area contributed by atoms with Crippen molar-refractivity contribution in [3.63, 3.8) is 0 Å². The van der Waals surface area contributed by atoms with E-state index < -0.39 is 0 Å². The van der Waals surface area contributed by atoms with Crippen LogP contribution in [0.25, 0.3) is 0 Å². The maximum absolute atomic E-state index is 5.94. The molecule has 3 N–H and O–H groups in total. The van der Waals surface area contributed by atoms with Gasteiger partial charge in [0.1, 0.15) is 11.5 Å². The molecule has 0 aromatic heterocycles. The van der Waals surface area contributed by atoms with Crippen molar-refractivity contribution >= 4 is 5.69 Å². The van der Waals surface area contributed by atoms with Crippen molar-refractivity contribution < 1.29 is 9.47 Å². The highest BCUT2D eigenvalue weighted by atomic mass is 16.5. The number of hydrogen-bond donors (Lipinski definition) is 2. The number of methoxy groups -OCH3 is 1. The quantitative estimate of drug-likeness (QED) is 0.676. The average molecular weight is 359 g/mol. The molecular formula is C22H34N2O2. The first kappa shape index (κ1) is 21.8. The van der Waals surface area contributed by atoms with Gasteiger partial charge in [-0.05, 0) is 42.7 Å². The maximum Gasteiger partial charge on any atom is 0.127 e. The lowest BCUT2D eigenvalue weighted by Crippen LogP contribution is -2.07. The fourth-order valence-corrected chi connectivity index (χ4v) is 2.77. The van der Waals surface area contributed by atoms with Crippen LogP contribution in [0.5, 0.6) is 11.5 Å². The van der Waals surface area contributed by atoms with Crippen molar-refractivity contribution in [2.75, 3.05) is 25.6 Å². The maximum atomic E-state index is 5.94. The van der Waals surface area contributed by atoms with Gasteiger partial charge in [0.2, 0.25) is 0 Å². The minimum absolute atomic E-state index is 0.477. The van der Waals surface area contributed by atoms with E-state index in [1.54, 1.807) is 7.11 Å². The number of nitrogens with one attached hydrogen (secondary N) is 1. The third-order valence-electron chi connectivity index (χ3n) is 4.07. The predicted octanol–water partition coefficient (Wildman–Crippen LogP) is 4.80. The Morgan fingerprint density at radius 2 is 1.73 bits per heavy atom. The fraction of sp³-hybridized carbons (Fsp3) is 0.455. The lowest BCUT2D eigenvalue weighted by molar-refractivity contribution is 0.318. The van der Waals surface area contributed by atoms with Crippen LogP contribution in [-0.2, 0) is 19.4 Å². The molecule has 0 saturated carbocycles. The second-order valence-electron chi connectivity index (χ2n) is 5.65. The van der Waals surface area contributed by atoms with Crippen LogP contribution in [0, 0.1) is 0 Å². The van der Waals surface area contributed by atoms with Gasteiger partial charge in [-0.2, -0.15) is 0 Å². The van der Waals surface area contributed by atoms with Crippen LogP contribution in [-0.4, -0.2) is 20.3 Å². The van der Waals surface area contributed by atoms with Gasteiger partial charge in [0.25, 0.3) is 0 Å². The summed E-state index contributed by atoms with van der Waals surface area (Å²) in [6.07, 6.45) is 1.78. The Labute approximate surface area is 158 Å². The number of nitrogens with two attached hydrogens (primary N) is 1. The minimum Gasteiger partial charge on any atom is -0.496 e. The first-order valence-electron chi connectivity index (χ1n) is 9.57. The summed E-state index contributed by atoms with van der Waals surface area (Å²) in [6, 6.07) is 12.5. The lowest BCUT2D eigenvalue weighted by atomic mass is 10.0. The zero-order valence-corrected chi connectivity index (χ0v) is 16.9. The monoisotopic (exact) mass is 358 g/mol. The Kier molecular flexibility index (Phi) is 10.3. The summed E-state index contributed by atoms with van der Waals surface area (Å²) < 4.78 is 11.4. The second kappa shape index (κ2) is 12.2. The van der Waals surface area contributed by atoms with Gasteiger partial charge >= 0.3 is 0 Å². The number of benzene rings is 2. The van der Waals surface area contributed by atoms with Crippen LogP contribution in [0.2, 0.25) is 0 Å². The van der Waals surface area contributed by atoms with E-state index in [1.807, 2.05) is 19.9 Å². The number of aryl methyl sites for hydroxylation is 1. The highest BCUT2D eigenvalue weighted by Gasteiger charge is 2.10. The molecular weight excluding hydrogens is 324 g/mol. The third kappa shape index (κ3) is 6.26. The first-order valence-corrected chi connectivity index (χ1v) is 9.57. The van der Waals surface area contributed by atoms with Gasteiger partial charge in [-0.15, -0.1) is 0 Å². The summed E-state index contributed by atoms with van der Waals surface area (Å²) in [4.78, 5) is 0. The number of ether oxygens (including phenoxy) is 2. The lowest BCUT2D eigenvalue weighted by Gasteiger charge is -2.15. The SMILES string of the molecule is CC.CCNc1ccc(CCOc2cc(CC)c(CN)c(OC)c2)cc1. The minimum atomic E-state index is 0.477. The summed E-state index contributed by atoms with van der Waals surface area (Å²) >= 11 is 0. The Morgan fingerprint density at radius 1 is 1.04 bits per heavy atom. The van der Waals surface area contributed by atoms with E-state index in [2.05, 4.69) is 49.5 Å². The van der Waals surface area contributed by atoms with E-state index in [0.717, 1.165) is 42.1 Å². The first-order chi connectivity index (χ1) is 12.7. The van der Waals surface area contributed by atoms with Crippen molar-refractivity contribution in [3.8, 4) is 11.5 Å². The zero-order valence-electron chi connectivity index (χ0n) is 16.9. The highest BCUT2D eigenvalue weighted by Crippen LogP contribution is 2.29. The molecule has 0 aliphatic rings. The molecule has 4 heteroatoms. The van der Waals surface area contributed by atoms with Crippen LogP contribution in [0.3, 0.4) is 0 Å². The molecule has 0 unspecified atom stereocenters. The molecule has 2 aromatic carbocycles. The van der Waals surface area contributed by atoms with Crippen molar-refractivity contribution in [1.82, 2.24) is 0 Å². The average Bonchev–Trinajstić information content (AvgIpc) is 2.70. The Morgan fingerprint density at radius 3 is 2.27 bits per heavy atom. The van der Waals surface area contributed by atoms with Crippen molar-refractivity contribution in [1.29, 1.82) is 0 Å². The molecule has 26 heavy (non-hydrogen) atoms. The molecule has 0 fully saturated rings. The van der Waals surface area contributed by atoms with E-state index in [0.29, 0.717) is 13.2 Å². The molecule has 4 nitrogen and oxygen atoms in total. The summed E-state index contributed by atoms with van der Waals surface area (Å²) in [5.74, 6) is 1.65. The normalized spacial score (nSPS) is 9.92. The molecule has 0 saturated heterocycles. The number of anilines is 1. The summed E-state index contributed by atoms with van der Waals surface area (Å²) in [6.45, 7) is 10.3. The van der Waals surface area contributed by atoms with Crippen molar-refractivity contribution in [2.45, 2.75) is 47.1 Å². The van der Waals surface area contributed by atoms with Crippen LogP contribution >= 0.6 is 0 Å². The summed E-state index contributed by atoms with van der Waals surface area (Å²) in [5, 5.41) is 3.30. The summed E-state index contributed by atoms with van der Waals surface area (Å²) in [5.41, 5.74) is 10.5. The molecule has 2 aromatic rings. The molecule has 0 bridgehead atoms. The molecule has 2 rings (SSSR count). The van der Waals surface area contributed by atoms with Gasteiger partial charge in [-0.25, -0.2) is 0 Å². The van der Waals surface area contributed by atoms with Crippen LogP contribution in [0.15, 0.2) is 36.4 Å². The number of hydrogen-bond acceptors (Lipinski definition) is 4. The molecule has 144 valence electrons.